The van der Waals surface area contributed by atoms with Gasteiger partial charge in [-0.3, -0.25) is 0 Å². The average molecular weight is 187 g/mol. The van der Waals surface area contributed by atoms with Crippen LogP contribution in [-0.2, 0) is 6.54 Å². The van der Waals surface area contributed by atoms with E-state index in [0.29, 0.717) is 5.56 Å². The second kappa shape index (κ2) is 3.83. The normalized spacial score (nSPS) is 11.6. The van der Waals surface area contributed by atoms with Gasteiger partial charge < -0.3 is 0 Å². The molecule has 70 valence electrons. The largest absolute Gasteiger partial charge is 0.457 e. The minimum absolute atomic E-state index is 0.177. The minimum atomic E-state index is -4.30. The summed E-state index contributed by atoms with van der Waals surface area (Å²) in [7, 11) is 1.89. The number of halogens is 3. The van der Waals surface area contributed by atoms with Gasteiger partial charge in [0, 0.05) is 6.54 Å². The number of benzene rings is 1. The van der Waals surface area contributed by atoms with Gasteiger partial charge in [-0.15, -0.1) is 0 Å². The quantitative estimate of drug-likeness (QED) is 0.526. The zero-order chi connectivity index (χ0) is 9.90. The summed E-state index contributed by atoms with van der Waals surface area (Å²) in [4.78, 5) is 0. The summed E-state index contributed by atoms with van der Waals surface area (Å²) >= 11 is 0. The molecule has 0 aliphatic heterocycles. The Hall–Kier alpha value is -0.965. The van der Waals surface area contributed by atoms with Gasteiger partial charge in [0.05, 0.1) is 0 Å². The molecule has 0 aromatic heterocycles. The lowest BCUT2D eigenvalue weighted by Crippen LogP contribution is -2.30. The summed E-state index contributed by atoms with van der Waals surface area (Å²) in [6.45, 7) is -0.177. The molecule has 0 aliphatic rings. The van der Waals surface area contributed by atoms with E-state index in [4.69, 9.17) is 0 Å². The Morgan fingerprint density at radius 1 is 1.15 bits per heavy atom. The third-order valence-corrected chi connectivity index (χ3v) is 1.61. The Morgan fingerprint density at radius 2 is 1.69 bits per heavy atom. The molecule has 1 rings (SSSR count). The van der Waals surface area contributed by atoms with Gasteiger partial charge in [-0.2, -0.15) is 13.2 Å². The van der Waals surface area contributed by atoms with E-state index in [-0.39, 0.29) is 6.54 Å². The third kappa shape index (κ3) is 3.98. The molecule has 5 heteroatoms. The van der Waals surface area contributed by atoms with Gasteiger partial charge in [-0.1, -0.05) is 29.7 Å². The molecule has 0 amide bonds. The van der Waals surface area contributed by atoms with Gasteiger partial charge in [0.15, 0.2) is 0 Å². The van der Waals surface area contributed by atoms with Crippen molar-refractivity contribution in [2.45, 2.75) is 12.8 Å². The predicted molar refractivity (Wildman–Crippen MR) is 47.5 cm³/mol. The summed E-state index contributed by atoms with van der Waals surface area (Å²) < 4.78 is 35.1. The number of rotatable bonds is 2. The van der Waals surface area contributed by atoms with Crippen molar-refractivity contribution < 1.29 is 13.2 Å². The van der Waals surface area contributed by atoms with Gasteiger partial charge in [0.1, 0.15) is 7.85 Å². The topological polar surface area (TPSA) is 12.0 Å². The fourth-order valence-corrected chi connectivity index (χ4v) is 0.908. The van der Waals surface area contributed by atoms with Crippen molar-refractivity contribution in [1.29, 1.82) is 0 Å². The van der Waals surface area contributed by atoms with E-state index >= 15 is 0 Å². The predicted octanol–water partition coefficient (Wildman–Crippen LogP) is 0.554. The van der Waals surface area contributed by atoms with Crippen LogP contribution < -0.4 is 10.8 Å². The maximum atomic E-state index is 11.7. The van der Waals surface area contributed by atoms with Gasteiger partial charge >= 0.3 is 6.30 Å². The van der Waals surface area contributed by atoms with E-state index in [1.165, 1.54) is 5.32 Å². The molecule has 0 radical (unpaired) electrons. The molecule has 1 N–H and O–H groups in total. The molecule has 0 bridgehead atoms. The molecule has 0 fully saturated rings. The van der Waals surface area contributed by atoms with Crippen molar-refractivity contribution in [2.75, 3.05) is 0 Å². The molecule has 0 atom stereocenters. The summed E-state index contributed by atoms with van der Waals surface area (Å²) in [6, 6.07) is 6.92. The fraction of sp³-hybridized carbons (Fsp3) is 0.250. The van der Waals surface area contributed by atoms with Crippen LogP contribution in [0.3, 0.4) is 0 Å². The van der Waals surface area contributed by atoms with Crippen LogP contribution in [0.2, 0.25) is 0 Å². The van der Waals surface area contributed by atoms with E-state index in [0.717, 1.165) is 5.46 Å². The Balaban J connectivity index is 2.51. The molecular formula is C8H9BF3N. The lowest BCUT2D eigenvalue weighted by molar-refractivity contribution is -0.158. The van der Waals surface area contributed by atoms with Crippen LogP contribution in [0.15, 0.2) is 24.3 Å². The van der Waals surface area contributed by atoms with Crippen molar-refractivity contribution in [1.82, 2.24) is 5.32 Å². The van der Waals surface area contributed by atoms with Crippen molar-refractivity contribution >= 4 is 13.3 Å². The highest BCUT2D eigenvalue weighted by molar-refractivity contribution is 6.32. The van der Waals surface area contributed by atoms with Crippen LogP contribution >= 0.6 is 0 Å². The van der Waals surface area contributed by atoms with Crippen LogP contribution in [0.25, 0.3) is 0 Å². The fourth-order valence-electron chi connectivity index (χ4n) is 0.908. The van der Waals surface area contributed by atoms with Crippen molar-refractivity contribution in [3.8, 4) is 0 Å². The Bertz CT molecular complexity index is 268. The molecule has 0 spiro atoms. The van der Waals surface area contributed by atoms with Crippen molar-refractivity contribution in [2.24, 2.45) is 0 Å². The second-order valence-electron chi connectivity index (χ2n) is 2.84. The van der Waals surface area contributed by atoms with E-state index in [1.807, 2.05) is 7.85 Å². The maximum absolute atomic E-state index is 11.7. The number of nitrogens with one attached hydrogen (secondary N) is 1. The zero-order valence-corrected chi connectivity index (χ0v) is 7.15. The molecular weight excluding hydrogens is 178 g/mol. The Morgan fingerprint density at radius 3 is 2.15 bits per heavy atom. The SMILES string of the molecule is Bc1ccc(CNC(F)(F)F)cc1. The lowest BCUT2D eigenvalue weighted by atomic mass is 9.95. The molecule has 0 aliphatic carbocycles. The molecule has 0 saturated heterocycles. The zero-order valence-electron chi connectivity index (χ0n) is 7.15. The van der Waals surface area contributed by atoms with Crippen LogP contribution in [0.4, 0.5) is 13.2 Å². The highest BCUT2D eigenvalue weighted by atomic mass is 19.4. The van der Waals surface area contributed by atoms with E-state index in [2.05, 4.69) is 0 Å². The molecule has 0 unspecified atom stereocenters. The smallest absolute Gasteiger partial charge is 0.224 e. The summed E-state index contributed by atoms with van der Waals surface area (Å²) in [5.41, 5.74) is 1.67. The standard InChI is InChI=1S/C8H9BF3N/c9-7-3-1-6(2-4-7)5-13-8(10,11)12/h1-4,13H,5,9H2. The van der Waals surface area contributed by atoms with Crippen LogP contribution in [0, 0.1) is 0 Å². The highest BCUT2D eigenvalue weighted by Gasteiger charge is 2.25. The van der Waals surface area contributed by atoms with E-state index < -0.39 is 6.30 Å². The first kappa shape index (κ1) is 10.1. The molecule has 1 aromatic carbocycles. The summed E-state index contributed by atoms with van der Waals surface area (Å²) in [6.07, 6.45) is -4.30. The van der Waals surface area contributed by atoms with Crippen molar-refractivity contribution in [3.05, 3.63) is 29.8 Å². The molecule has 1 aromatic rings. The minimum Gasteiger partial charge on any atom is -0.224 e. The van der Waals surface area contributed by atoms with Crippen molar-refractivity contribution in [3.63, 3.8) is 0 Å². The van der Waals surface area contributed by atoms with Gasteiger partial charge in [0.25, 0.3) is 0 Å². The Kier molecular flexibility index (Phi) is 2.98. The van der Waals surface area contributed by atoms with E-state index in [1.54, 1.807) is 24.3 Å². The first-order valence-corrected chi connectivity index (χ1v) is 3.85. The van der Waals surface area contributed by atoms with E-state index in [9.17, 15) is 13.2 Å². The number of alkyl halides is 3. The first-order chi connectivity index (χ1) is 5.97. The number of hydrogen-bond donors (Lipinski definition) is 1. The van der Waals surface area contributed by atoms with Gasteiger partial charge in [0.2, 0.25) is 0 Å². The third-order valence-electron chi connectivity index (χ3n) is 1.61. The Labute approximate surface area is 75.4 Å². The lowest BCUT2D eigenvalue weighted by Gasteiger charge is -2.08. The highest BCUT2D eigenvalue weighted by Crippen LogP contribution is 2.10. The monoisotopic (exact) mass is 187 g/mol. The second-order valence-corrected chi connectivity index (χ2v) is 2.84. The molecule has 0 heterocycles. The van der Waals surface area contributed by atoms with Crippen LogP contribution in [-0.4, -0.2) is 14.1 Å². The van der Waals surface area contributed by atoms with Gasteiger partial charge in [-0.25, -0.2) is 5.32 Å². The average Bonchev–Trinajstić information content (AvgIpc) is 2.02. The molecule has 1 nitrogen and oxygen atoms in total. The summed E-state index contributed by atoms with van der Waals surface area (Å²) in [5, 5.41) is 1.46. The number of hydrogen-bond acceptors (Lipinski definition) is 1. The van der Waals surface area contributed by atoms with Gasteiger partial charge in [-0.05, 0) is 5.56 Å². The summed E-state index contributed by atoms with van der Waals surface area (Å²) in [5.74, 6) is 0. The first-order valence-electron chi connectivity index (χ1n) is 3.85. The van der Waals surface area contributed by atoms with Crippen LogP contribution in [0.5, 0.6) is 0 Å². The molecule has 0 saturated carbocycles. The maximum Gasteiger partial charge on any atom is 0.457 e. The van der Waals surface area contributed by atoms with Crippen LogP contribution in [0.1, 0.15) is 5.56 Å². The molecule has 13 heavy (non-hydrogen) atoms.